The maximum absolute atomic E-state index is 13.2. The third-order valence-electron chi connectivity index (χ3n) is 12.2. The van der Waals surface area contributed by atoms with E-state index < -0.39 is 18.2 Å². The van der Waals surface area contributed by atoms with Gasteiger partial charge in [-0.3, -0.25) is 9.59 Å². The summed E-state index contributed by atoms with van der Waals surface area (Å²) in [4.78, 5) is 26.1. The van der Waals surface area contributed by atoms with Crippen molar-refractivity contribution in [2.45, 2.75) is 289 Å². The number of aliphatic hydroxyl groups is 2. The minimum Gasteiger partial charge on any atom is -0.462 e. The summed E-state index contributed by atoms with van der Waals surface area (Å²) in [6.45, 7) is 6.44. The fourth-order valence-corrected chi connectivity index (χ4v) is 8.05. The molecule has 3 unspecified atom stereocenters. The Morgan fingerprint density at radius 2 is 0.887 bits per heavy atom. The average molecular weight is 870 g/mol. The second-order valence-electron chi connectivity index (χ2n) is 18.3. The number of unbranched alkanes of at least 4 members (excludes halogenated alkanes) is 29. The van der Waals surface area contributed by atoms with E-state index in [9.17, 15) is 19.8 Å². The van der Waals surface area contributed by atoms with Gasteiger partial charge in [0.05, 0.1) is 25.2 Å². The Labute approximate surface area is 385 Å². The van der Waals surface area contributed by atoms with Crippen molar-refractivity contribution in [2.75, 3.05) is 6.61 Å². The molecule has 0 rings (SSSR count). The molecule has 0 fully saturated rings. The predicted octanol–water partition coefficient (Wildman–Crippen LogP) is 16.2. The first kappa shape index (κ1) is 59.8. The Morgan fingerprint density at radius 1 is 0.484 bits per heavy atom. The van der Waals surface area contributed by atoms with Crippen LogP contribution in [-0.4, -0.2) is 46.9 Å². The van der Waals surface area contributed by atoms with Crippen molar-refractivity contribution < 1.29 is 24.5 Å². The summed E-state index contributed by atoms with van der Waals surface area (Å²) in [5.41, 5.74) is 0. The van der Waals surface area contributed by atoms with Crippen LogP contribution >= 0.6 is 0 Å². The van der Waals surface area contributed by atoms with Gasteiger partial charge in [-0.25, -0.2) is 0 Å². The van der Waals surface area contributed by atoms with Crippen LogP contribution in [0.1, 0.15) is 271 Å². The van der Waals surface area contributed by atoms with E-state index in [2.05, 4.69) is 74.7 Å². The Balaban J connectivity index is 4.58. The number of amides is 1. The molecule has 3 atom stereocenters. The number of rotatable bonds is 48. The summed E-state index contributed by atoms with van der Waals surface area (Å²) < 4.78 is 5.92. The van der Waals surface area contributed by atoms with Gasteiger partial charge in [-0.05, 0) is 77.0 Å². The summed E-state index contributed by atoms with van der Waals surface area (Å²) >= 11 is 0. The predicted molar refractivity (Wildman–Crippen MR) is 269 cm³/mol. The summed E-state index contributed by atoms with van der Waals surface area (Å²) in [5.74, 6) is -0.520. The van der Waals surface area contributed by atoms with Gasteiger partial charge >= 0.3 is 5.97 Å². The Hall–Kier alpha value is -2.18. The summed E-state index contributed by atoms with van der Waals surface area (Å²) in [5, 5.41) is 23.7. The largest absolute Gasteiger partial charge is 0.462 e. The average Bonchev–Trinajstić information content (AvgIpc) is 3.26. The van der Waals surface area contributed by atoms with Crippen molar-refractivity contribution >= 4 is 11.9 Å². The van der Waals surface area contributed by atoms with E-state index in [-0.39, 0.29) is 24.9 Å². The van der Waals surface area contributed by atoms with Crippen molar-refractivity contribution in [3.05, 3.63) is 48.6 Å². The van der Waals surface area contributed by atoms with Crippen LogP contribution < -0.4 is 5.32 Å². The van der Waals surface area contributed by atoms with Crippen LogP contribution in [0.3, 0.4) is 0 Å². The van der Waals surface area contributed by atoms with Crippen LogP contribution in [0.2, 0.25) is 0 Å². The number of carbonyl (C=O) groups is 2. The maximum Gasteiger partial charge on any atom is 0.306 e. The molecule has 6 heteroatoms. The van der Waals surface area contributed by atoms with E-state index >= 15 is 0 Å². The molecule has 0 aliphatic rings. The molecule has 0 heterocycles. The van der Waals surface area contributed by atoms with Crippen molar-refractivity contribution in [1.29, 1.82) is 0 Å². The highest BCUT2D eigenvalue weighted by Crippen LogP contribution is 2.17. The van der Waals surface area contributed by atoms with E-state index in [0.717, 1.165) is 64.2 Å². The fraction of sp³-hybridized carbons (Fsp3) is 0.821. The number of nitrogens with one attached hydrogen (secondary N) is 1. The second kappa shape index (κ2) is 49.8. The second-order valence-corrected chi connectivity index (χ2v) is 18.3. The van der Waals surface area contributed by atoms with Gasteiger partial charge < -0.3 is 20.3 Å². The molecular weight excluding hydrogens is 767 g/mol. The standard InChI is InChI=1S/C56H103NO5/c1-4-7-10-13-16-19-22-24-26-27-28-29-30-32-34-37-40-43-46-49-56(61)62-52(47-44-41-38-35-33-31-25-23-20-17-14-11-8-5-2)50-55(60)57-53(51-58)54(59)48-45-42-39-36-21-18-15-12-9-6-3/h16,19,24,26,31,33,35,38,52-54,58-59H,4-15,17-18,20-23,25,27-30,32,34,36-37,39-51H2,1-3H3,(H,57,60)/b19-16-,26-24-,33-31+,38-35+. The molecular formula is C56H103NO5. The molecule has 0 aromatic heterocycles. The topological polar surface area (TPSA) is 95.9 Å². The fourth-order valence-electron chi connectivity index (χ4n) is 8.05. The molecule has 0 aliphatic carbocycles. The first-order valence-electron chi connectivity index (χ1n) is 26.9. The first-order chi connectivity index (χ1) is 30.5. The molecule has 0 aromatic rings. The SMILES string of the molecule is CCCCC/C=C\C/C=C\CCCCCCCCCCCC(=O)OC(CCC/C=C/C=C/CCCCCCCCC)CC(=O)NC(CO)C(O)CCCCCCCCCCCC. The number of allylic oxidation sites excluding steroid dienone is 8. The quantitative estimate of drug-likeness (QED) is 0.0245. The lowest BCUT2D eigenvalue weighted by molar-refractivity contribution is -0.151. The molecule has 0 aromatic carbocycles. The van der Waals surface area contributed by atoms with Gasteiger partial charge in [0.15, 0.2) is 0 Å². The molecule has 362 valence electrons. The third kappa shape index (κ3) is 44.4. The normalized spacial score (nSPS) is 13.6. The molecule has 0 saturated carbocycles. The highest BCUT2D eigenvalue weighted by Gasteiger charge is 2.24. The maximum atomic E-state index is 13.2. The minimum absolute atomic E-state index is 0.0438. The van der Waals surface area contributed by atoms with Crippen molar-refractivity contribution in [2.24, 2.45) is 0 Å². The molecule has 0 spiro atoms. The monoisotopic (exact) mass is 870 g/mol. The van der Waals surface area contributed by atoms with Gasteiger partial charge in [-0.2, -0.15) is 0 Å². The van der Waals surface area contributed by atoms with Gasteiger partial charge in [-0.1, -0.05) is 230 Å². The minimum atomic E-state index is -0.798. The van der Waals surface area contributed by atoms with Crippen molar-refractivity contribution in [1.82, 2.24) is 5.32 Å². The molecule has 3 N–H and O–H groups in total. The Morgan fingerprint density at radius 3 is 1.39 bits per heavy atom. The lowest BCUT2D eigenvalue weighted by Gasteiger charge is -2.24. The van der Waals surface area contributed by atoms with Crippen LogP contribution in [0, 0.1) is 0 Å². The van der Waals surface area contributed by atoms with E-state index in [0.29, 0.717) is 19.3 Å². The summed E-state index contributed by atoms with van der Waals surface area (Å²) in [6, 6.07) is -0.715. The highest BCUT2D eigenvalue weighted by molar-refractivity contribution is 5.77. The Bertz CT molecular complexity index is 1070. The van der Waals surface area contributed by atoms with Crippen LogP contribution in [0.5, 0.6) is 0 Å². The van der Waals surface area contributed by atoms with Gasteiger partial charge in [0.1, 0.15) is 6.10 Å². The zero-order chi connectivity index (χ0) is 45.2. The molecule has 0 aliphatic heterocycles. The number of hydrogen-bond donors (Lipinski definition) is 3. The van der Waals surface area contributed by atoms with Crippen molar-refractivity contribution in [3.63, 3.8) is 0 Å². The van der Waals surface area contributed by atoms with E-state index in [1.165, 1.54) is 161 Å². The van der Waals surface area contributed by atoms with Crippen LogP contribution in [0.15, 0.2) is 48.6 Å². The lowest BCUT2D eigenvalue weighted by Crippen LogP contribution is -2.46. The number of carbonyl (C=O) groups excluding carboxylic acids is 2. The number of esters is 1. The zero-order valence-electron chi connectivity index (χ0n) is 41.3. The molecule has 1 amide bonds. The smallest absolute Gasteiger partial charge is 0.306 e. The molecule has 62 heavy (non-hydrogen) atoms. The van der Waals surface area contributed by atoms with Crippen LogP contribution in [-0.2, 0) is 14.3 Å². The van der Waals surface area contributed by atoms with Gasteiger partial charge in [-0.15, -0.1) is 0 Å². The molecule has 0 radical (unpaired) electrons. The molecule has 0 bridgehead atoms. The van der Waals surface area contributed by atoms with Gasteiger partial charge in [0.25, 0.3) is 0 Å². The Kier molecular flexibility index (Phi) is 48.1. The van der Waals surface area contributed by atoms with E-state index in [4.69, 9.17) is 4.74 Å². The lowest BCUT2D eigenvalue weighted by atomic mass is 10.0. The van der Waals surface area contributed by atoms with E-state index in [1.54, 1.807) is 0 Å². The summed E-state index contributed by atoms with van der Waals surface area (Å²) in [6.07, 6.45) is 60.4. The van der Waals surface area contributed by atoms with Crippen LogP contribution in [0.4, 0.5) is 0 Å². The number of aliphatic hydroxyl groups excluding tert-OH is 2. The first-order valence-corrected chi connectivity index (χ1v) is 26.9. The number of hydrogen-bond acceptors (Lipinski definition) is 5. The van der Waals surface area contributed by atoms with Gasteiger partial charge in [0, 0.05) is 6.42 Å². The van der Waals surface area contributed by atoms with Crippen molar-refractivity contribution in [3.8, 4) is 0 Å². The molecule has 6 nitrogen and oxygen atoms in total. The zero-order valence-corrected chi connectivity index (χ0v) is 41.3. The van der Waals surface area contributed by atoms with E-state index in [1.807, 2.05) is 0 Å². The summed E-state index contributed by atoms with van der Waals surface area (Å²) in [7, 11) is 0. The van der Waals surface area contributed by atoms with Crippen LogP contribution in [0.25, 0.3) is 0 Å². The number of ether oxygens (including phenoxy) is 1. The molecule has 0 saturated heterocycles. The highest BCUT2D eigenvalue weighted by atomic mass is 16.5. The van der Waals surface area contributed by atoms with Gasteiger partial charge in [0.2, 0.25) is 5.91 Å². The third-order valence-corrected chi connectivity index (χ3v) is 12.2.